The van der Waals surface area contributed by atoms with Gasteiger partial charge in [0.25, 0.3) is 0 Å². The monoisotopic (exact) mass is 200 g/mol. The van der Waals surface area contributed by atoms with E-state index in [-0.39, 0.29) is 6.61 Å². The number of carbonyl (C=O) groups excluding carboxylic acids is 1. The first-order valence-electron chi connectivity index (χ1n) is 4.53. The minimum Gasteiger partial charge on any atom is -0.494 e. The van der Waals surface area contributed by atoms with Crippen molar-refractivity contribution in [2.45, 2.75) is 13.8 Å². The summed E-state index contributed by atoms with van der Waals surface area (Å²) in [5.74, 6) is -0.0569. The van der Waals surface area contributed by atoms with Crippen LogP contribution in [0.3, 0.4) is 0 Å². The zero-order valence-corrected chi connectivity index (χ0v) is 8.53. The molecule has 0 aromatic carbocycles. The summed E-state index contributed by atoms with van der Waals surface area (Å²) >= 11 is 0. The van der Waals surface area contributed by atoms with Crippen molar-refractivity contribution >= 4 is 5.97 Å². The highest BCUT2D eigenvalue weighted by Crippen LogP contribution is 2.00. The summed E-state index contributed by atoms with van der Waals surface area (Å²) in [7, 11) is 0. The number of esters is 1. The maximum atomic E-state index is 11.0. The van der Waals surface area contributed by atoms with E-state index in [1.54, 1.807) is 6.92 Å². The van der Waals surface area contributed by atoms with Crippen LogP contribution in [0.1, 0.15) is 13.8 Å². The summed E-state index contributed by atoms with van der Waals surface area (Å²) in [6.45, 7) is 4.24. The van der Waals surface area contributed by atoms with Crippen LogP contribution < -0.4 is 0 Å². The normalized spacial score (nSPS) is 11.8. The molecule has 0 saturated heterocycles. The van der Waals surface area contributed by atoms with Crippen molar-refractivity contribution in [1.82, 2.24) is 0 Å². The van der Waals surface area contributed by atoms with E-state index in [2.05, 4.69) is 0 Å². The van der Waals surface area contributed by atoms with Gasteiger partial charge in [0.05, 0.1) is 25.9 Å². The Bertz CT molecular complexity index is 218. The van der Waals surface area contributed by atoms with Crippen LogP contribution in [0.4, 0.5) is 0 Å². The van der Waals surface area contributed by atoms with Gasteiger partial charge in [-0.2, -0.15) is 0 Å². The molecule has 14 heavy (non-hydrogen) atoms. The van der Waals surface area contributed by atoms with E-state index in [4.69, 9.17) is 14.6 Å². The zero-order valence-electron chi connectivity index (χ0n) is 8.53. The summed E-state index contributed by atoms with van der Waals surface area (Å²) in [6, 6.07) is 0. The standard InChI is InChI=1S/C10H16O4/c1-3-13-9(6-5-7-11)8-10(12)14-4-2/h5-6,8,11H,3-4,7H2,1-2H3/b6-5+,9-8+. The Morgan fingerprint density at radius 3 is 2.43 bits per heavy atom. The quantitative estimate of drug-likeness (QED) is 0.301. The fraction of sp³-hybridized carbons (Fsp3) is 0.500. The van der Waals surface area contributed by atoms with Crippen LogP contribution in [0, 0.1) is 0 Å². The average molecular weight is 200 g/mol. The maximum Gasteiger partial charge on any atom is 0.334 e. The highest BCUT2D eigenvalue weighted by molar-refractivity contribution is 5.82. The van der Waals surface area contributed by atoms with Crippen LogP contribution in [0.2, 0.25) is 0 Å². The van der Waals surface area contributed by atoms with Crippen molar-refractivity contribution in [3.05, 3.63) is 24.0 Å². The first kappa shape index (κ1) is 12.7. The lowest BCUT2D eigenvalue weighted by Crippen LogP contribution is -2.02. The van der Waals surface area contributed by atoms with Crippen molar-refractivity contribution in [2.75, 3.05) is 19.8 Å². The predicted molar refractivity (Wildman–Crippen MR) is 52.6 cm³/mol. The highest BCUT2D eigenvalue weighted by Gasteiger charge is 1.99. The molecule has 0 aliphatic rings. The molecule has 0 aromatic heterocycles. The van der Waals surface area contributed by atoms with Crippen LogP contribution >= 0.6 is 0 Å². The van der Waals surface area contributed by atoms with Crippen molar-refractivity contribution in [3.63, 3.8) is 0 Å². The molecule has 0 rings (SSSR count). The van der Waals surface area contributed by atoms with Crippen LogP contribution in [0.15, 0.2) is 24.0 Å². The summed E-state index contributed by atoms with van der Waals surface area (Å²) in [6.07, 6.45) is 4.26. The van der Waals surface area contributed by atoms with Gasteiger partial charge in [0.1, 0.15) is 5.76 Å². The second kappa shape index (κ2) is 8.31. The molecular formula is C10H16O4. The Morgan fingerprint density at radius 2 is 1.93 bits per heavy atom. The van der Waals surface area contributed by atoms with Crippen molar-refractivity contribution in [1.29, 1.82) is 0 Å². The number of aliphatic hydroxyl groups excluding tert-OH is 1. The number of ether oxygens (including phenoxy) is 2. The Kier molecular flexibility index (Phi) is 7.55. The van der Waals surface area contributed by atoms with E-state index in [0.717, 1.165) is 0 Å². The number of hydrogen-bond acceptors (Lipinski definition) is 4. The third-order valence-electron chi connectivity index (χ3n) is 1.25. The molecule has 0 aliphatic carbocycles. The SMILES string of the molecule is CCOC(=O)/C=C(\C=C\CO)OCC. The second-order valence-corrected chi connectivity index (χ2v) is 2.32. The lowest BCUT2D eigenvalue weighted by molar-refractivity contribution is -0.137. The molecule has 0 fully saturated rings. The van der Waals surface area contributed by atoms with Crippen molar-refractivity contribution in [3.8, 4) is 0 Å². The molecule has 0 bridgehead atoms. The van der Waals surface area contributed by atoms with E-state index in [1.807, 2.05) is 6.92 Å². The van der Waals surface area contributed by atoms with Gasteiger partial charge in [0.15, 0.2) is 0 Å². The van der Waals surface area contributed by atoms with Gasteiger partial charge in [-0.15, -0.1) is 0 Å². The van der Waals surface area contributed by atoms with E-state index in [1.165, 1.54) is 18.2 Å². The Hall–Kier alpha value is -1.29. The third-order valence-corrected chi connectivity index (χ3v) is 1.25. The molecule has 80 valence electrons. The number of rotatable bonds is 6. The van der Waals surface area contributed by atoms with Crippen LogP contribution in [-0.4, -0.2) is 30.9 Å². The first-order chi connectivity index (χ1) is 6.74. The molecule has 0 heterocycles. The van der Waals surface area contributed by atoms with Gasteiger partial charge >= 0.3 is 5.97 Å². The second-order valence-electron chi connectivity index (χ2n) is 2.32. The predicted octanol–water partition coefficient (Wildman–Crippen LogP) is 1.02. The molecule has 0 aromatic rings. The van der Waals surface area contributed by atoms with E-state index in [0.29, 0.717) is 19.0 Å². The molecule has 0 saturated carbocycles. The minimum atomic E-state index is -0.446. The van der Waals surface area contributed by atoms with E-state index < -0.39 is 5.97 Å². The fourth-order valence-electron chi connectivity index (χ4n) is 0.773. The Balaban J connectivity index is 4.30. The molecule has 0 radical (unpaired) electrons. The van der Waals surface area contributed by atoms with Crippen LogP contribution in [-0.2, 0) is 14.3 Å². The van der Waals surface area contributed by atoms with Gasteiger partial charge in [0.2, 0.25) is 0 Å². The molecule has 0 aliphatic heterocycles. The Morgan fingerprint density at radius 1 is 1.29 bits per heavy atom. The van der Waals surface area contributed by atoms with Crippen molar-refractivity contribution in [2.24, 2.45) is 0 Å². The molecule has 0 amide bonds. The third kappa shape index (κ3) is 6.25. The van der Waals surface area contributed by atoms with Crippen LogP contribution in [0.25, 0.3) is 0 Å². The number of hydrogen-bond donors (Lipinski definition) is 1. The summed E-state index contributed by atoms with van der Waals surface area (Å²) in [5, 5.41) is 8.54. The lowest BCUT2D eigenvalue weighted by Gasteiger charge is -2.03. The van der Waals surface area contributed by atoms with E-state index >= 15 is 0 Å². The van der Waals surface area contributed by atoms with Gasteiger partial charge in [0, 0.05) is 0 Å². The first-order valence-corrected chi connectivity index (χ1v) is 4.53. The maximum absolute atomic E-state index is 11.0. The van der Waals surface area contributed by atoms with Gasteiger partial charge in [-0.25, -0.2) is 4.79 Å². The molecule has 1 N–H and O–H groups in total. The smallest absolute Gasteiger partial charge is 0.334 e. The van der Waals surface area contributed by atoms with Gasteiger partial charge in [-0.3, -0.25) is 0 Å². The summed E-state index contributed by atoms with van der Waals surface area (Å²) in [4.78, 5) is 11.0. The summed E-state index contributed by atoms with van der Waals surface area (Å²) < 4.78 is 9.83. The number of carbonyl (C=O) groups is 1. The van der Waals surface area contributed by atoms with Crippen molar-refractivity contribution < 1.29 is 19.4 Å². The van der Waals surface area contributed by atoms with Crippen LogP contribution in [0.5, 0.6) is 0 Å². The minimum absolute atomic E-state index is 0.0900. The topological polar surface area (TPSA) is 55.8 Å². The van der Waals surface area contributed by atoms with E-state index in [9.17, 15) is 4.79 Å². The Labute approximate surface area is 83.8 Å². The molecule has 4 heteroatoms. The molecule has 0 atom stereocenters. The largest absolute Gasteiger partial charge is 0.494 e. The molecule has 0 unspecified atom stereocenters. The zero-order chi connectivity index (χ0) is 10.8. The van der Waals surface area contributed by atoms with Gasteiger partial charge in [-0.1, -0.05) is 6.08 Å². The molecule has 4 nitrogen and oxygen atoms in total. The number of aliphatic hydroxyl groups is 1. The molecule has 0 spiro atoms. The average Bonchev–Trinajstić information content (AvgIpc) is 2.15. The van der Waals surface area contributed by atoms with Gasteiger partial charge < -0.3 is 14.6 Å². The highest BCUT2D eigenvalue weighted by atomic mass is 16.5. The fourth-order valence-corrected chi connectivity index (χ4v) is 0.773. The van der Waals surface area contributed by atoms with Gasteiger partial charge in [-0.05, 0) is 19.9 Å². The lowest BCUT2D eigenvalue weighted by atomic mass is 10.4. The number of allylic oxidation sites excluding steroid dienone is 1. The molecular weight excluding hydrogens is 184 g/mol. The summed E-state index contributed by atoms with van der Waals surface area (Å²) in [5.41, 5.74) is 0.